The number of halogens is 2. The van der Waals surface area contributed by atoms with Gasteiger partial charge in [-0.3, -0.25) is 0 Å². The molecule has 0 aliphatic rings. The summed E-state index contributed by atoms with van der Waals surface area (Å²) < 4.78 is 24.5. The van der Waals surface area contributed by atoms with E-state index >= 15 is 0 Å². The third-order valence-electron chi connectivity index (χ3n) is 2.16. The Bertz CT molecular complexity index is 372. The van der Waals surface area contributed by atoms with Gasteiger partial charge in [0, 0.05) is 13.2 Å². The summed E-state index contributed by atoms with van der Waals surface area (Å²) >= 11 is 3.36. The van der Waals surface area contributed by atoms with Crippen LogP contribution in [0.25, 0.3) is 0 Å². The zero-order valence-corrected chi connectivity index (χ0v) is 11.5. The van der Waals surface area contributed by atoms with E-state index in [1.807, 2.05) is 20.8 Å². The molecule has 0 aliphatic heterocycles. The second-order valence-electron chi connectivity index (χ2n) is 4.56. The predicted octanol–water partition coefficient (Wildman–Crippen LogP) is 3.87. The number of ether oxygens (including phenoxy) is 2. The van der Waals surface area contributed by atoms with Crippen molar-refractivity contribution >= 4 is 15.9 Å². The number of hydrogen-bond acceptors (Lipinski definition) is 2. The lowest BCUT2D eigenvalue weighted by molar-refractivity contribution is 0.0503. The fourth-order valence-corrected chi connectivity index (χ4v) is 1.79. The second-order valence-corrected chi connectivity index (χ2v) is 5.42. The van der Waals surface area contributed by atoms with Gasteiger partial charge >= 0.3 is 0 Å². The number of hydrogen-bond donors (Lipinski definition) is 0. The van der Waals surface area contributed by atoms with Gasteiger partial charge in [-0.1, -0.05) is 20.8 Å². The summed E-state index contributed by atoms with van der Waals surface area (Å²) in [7, 11) is 1.52. The molecule has 0 fully saturated rings. The Kier molecular flexibility index (Phi) is 4.33. The first-order valence-electron chi connectivity index (χ1n) is 4.97. The SMILES string of the molecule is COCOc1cc(F)c(C(C)(C)C)cc1Br. The van der Waals surface area contributed by atoms with Crippen molar-refractivity contribution in [2.24, 2.45) is 0 Å². The first-order chi connectivity index (χ1) is 7.36. The molecule has 4 heteroatoms. The van der Waals surface area contributed by atoms with Crippen molar-refractivity contribution in [2.45, 2.75) is 26.2 Å². The molecule has 1 aromatic rings. The highest BCUT2D eigenvalue weighted by Crippen LogP contribution is 2.33. The monoisotopic (exact) mass is 290 g/mol. The quantitative estimate of drug-likeness (QED) is 0.787. The molecule has 0 saturated heterocycles. The summed E-state index contributed by atoms with van der Waals surface area (Å²) in [5.74, 6) is 0.189. The van der Waals surface area contributed by atoms with Crippen LogP contribution in [0.2, 0.25) is 0 Å². The molecule has 0 unspecified atom stereocenters. The first-order valence-corrected chi connectivity index (χ1v) is 5.77. The fourth-order valence-electron chi connectivity index (χ4n) is 1.34. The molecule has 0 amide bonds. The van der Waals surface area contributed by atoms with Crippen LogP contribution in [0.1, 0.15) is 26.3 Å². The molecule has 1 rings (SSSR count). The fraction of sp³-hybridized carbons (Fsp3) is 0.500. The van der Waals surface area contributed by atoms with Crippen LogP contribution < -0.4 is 4.74 Å². The average Bonchev–Trinajstić information content (AvgIpc) is 2.17. The average molecular weight is 291 g/mol. The normalized spacial score (nSPS) is 11.6. The second kappa shape index (κ2) is 5.15. The first kappa shape index (κ1) is 13.5. The summed E-state index contributed by atoms with van der Waals surface area (Å²) in [6, 6.07) is 3.13. The van der Waals surface area contributed by atoms with E-state index in [9.17, 15) is 4.39 Å². The lowest BCUT2D eigenvalue weighted by Gasteiger charge is -2.21. The molecule has 1 aromatic carbocycles. The van der Waals surface area contributed by atoms with E-state index < -0.39 is 0 Å². The maximum atomic E-state index is 13.8. The van der Waals surface area contributed by atoms with Gasteiger partial charge in [0.05, 0.1) is 4.47 Å². The topological polar surface area (TPSA) is 18.5 Å². The predicted molar refractivity (Wildman–Crippen MR) is 65.3 cm³/mol. The van der Waals surface area contributed by atoms with Crippen LogP contribution in [0.5, 0.6) is 5.75 Å². The molecule has 90 valence electrons. The Morgan fingerprint density at radius 3 is 2.44 bits per heavy atom. The molecule has 0 aromatic heterocycles. The van der Waals surface area contributed by atoms with E-state index in [4.69, 9.17) is 9.47 Å². The van der Waals surface area contributed by atoms with Crippen LogP contribution in [-0.2, 0) is 10.2 Å². The van der Waals surface area contributed by atoms with Crippen LogP contribution in [-0.4, -0.2) is 13.9 Å². The smallest absolute Gasteiger partial charge is 0.188 e. The third-order valence-corrected chi connectivity index (χ3v) is 2.78. The Morgan fingerprint density at radius 1 is 1.31 bits per heavy atom. The molecule has 0 N–H and O–H groups in total. The summed E-state index contributed by atoms with van der Waals surface area (Å²) in [5, 5.41) is 0. The van der Waals surface area contributed by atoms with E-state index in [2.05, 4.69) is 15.9 Å². The Morgan fingerprint density at radius 2 is 1.94 bits per heavy atom. The van der Waals surface area contributed by atoms with E-state index in [-0.39, 0.29) is 18.0 Å². The largest absolute Gasteiger partial charge is 0.466 e. The molecular weight excluding hydrogens is 275 g/mol. The molecule has 0 spiro atoms. The highest BCUT2D eigenvalue weighted by Gasteiger charge is 2.20. The van der Waals surface area contributed by atoms with Crippen molar-refractivity contribution in [3.63, 3.8) is 0 Å². The molecule has 16 heavy (non-hydrogen) atoms. The van der Waals surface area contributed by atoms with E-state index in [0.29, 0.717) is 11.3 Å². The lowest BCUT2D eigenvalue weighted by atomic mass is 9.86. The van der Waals surface area contributed by atoms with Gasteiger partial charge in [-0.15, -0.1) is 0 Å². The minimum absolute atomic E-state index is 0.104. The van der Waals surface area contributed by atoms with Gasteiger partial charge in [-0.05, 0) is 33.0 Å². The van der Waals surface area contributed by atoms with Gasteiger partial charge in [0.1, 0.15) is 11.6 Å². The highest BCUT2D eigenvalue weighted by atomic mass is 79.9. The van der Waals surface area contributed by atoms with Crippen molar-refractivity contribution in [2.75, 3.05) is 13.9 Å². The van der Waals surface area contributed by atoms with Gasteiger partial charge < -0.3 is 9.47 Å². The zero-order valence-electron chi connectivity index (χ0n) is 9.93. The van der Waals surface area contributed by atoms with Crippen LogP contribution in [0.15, 0.2) is 16.6 Å². The van der Waals surface area contributed by atoms with Crippen molar-refractivity contribution in [1.29, 1.82) is 0 Å². The minimum Gasteiger partial charge on any atom is -0.466 e. The zero-order chi connectivity index (χ0) is 12.3. The maximum absolute atomic E-state index is 13.8. The van der Waals surface area contributed by atoms with E-state index in [1.165, 1.54) is 13.2 Å². The van der Waals surface area contributed by atoms with Gasteiger partial charge in [0.15, 0.2) is 6.79 Å². The van der Waals surface area contributed by atoms with Crippen LogP contribution in [0.3, 0.4) is 0 Å². The van der Waals surface area contributed by atoms with Crippen LogP contribution >= 0.6 is 15.9 Å². The Hall–Kier alpha value is -0.610. The van der Waals surface area contributed by atoms with Crippen molar-refractivity contribution < 1.29 is 13.9 Å². The van der Waals surface area contributed by atoms with Crippen molar-refractivity contribution in [3.05, 3.63) is 28.0 Å². The van der Waals surface area contributed by atoms with Crippen LogP contribution in [0, 0.1) is 5.82 Å². The molecule has 2 nitrogen and oxygen atoms in total. The van der Waals surface area contributed by atoms with Gasteiger partial charge in [-0.2, -0.15) is 0 Å². The van der Waals surface area contributed by atoms with Gasteiger partial charge in [-0.25, -0.2) is 4.39 Å². The molecule has 0 radical (unpaired) electrons. The van der Waals surface area contributed by atoms with Gasteiger partial charge in [0.2, 0.25) is 0 Å². The standard InChI is InChI=1S/C12H16BrFO2/c1-12(2,3)8-5-9(13)11(6-10(8)14)16-7-15-4/h5-6H,7H2,1-4H3. The summed E-state index contributed by atoms with van der Waals surface area (Å²) in [5.41, 5.74) is 0.427. The number of rotatable bonds is 3. The molecule has 0 atom stereocenters. The van der Waals surface area contributed by atoms with Crippen LogP contribution in [0.4, 0.5) is 4.39 Å². The van der Waals surface area contributed by atoms with Crippen molar-refractivity contribution in [3.8, 4) is 5.75 Å². The maximum Gasteiger partial charge on any atom is 0.188 e. The van der Waals surface area contributed by atoms with E-state index in [1.54, 1.807) is 6.07 Å². The molecular formula is C12H16BrFO2. The number of methoxy groups -OCH3 is 1. The number of benzene rings is 1. The molecule has 0 aliphatic carbocycles. The molecule has 0 bridgehead atoms. The highest BCUT2D eigenvalue weighted by molar-refractivity contribution is 9.10. The Balaban J connectivity index is 3.07. The summed E-state index contributed by atoms with van der Waals surface area (Å²) in [4.78, 5) is 0. The van der Waals surface area contributed by atoms with Gasteiger partial charge in [0.25, 0.3) is 0 Å². The Labute approximate surface area is 104 Å². The lowest BCUT2D eigenvalue weighted by Crippen LogP contribution is -2.14. The third kappa shape index (κ3) is 3.19. The summed E-state index contributed by atoms with van der Waals surface area (Å²) in [6.45, 7) is 6.00. The van der Waals surface area contributed by atoms with E-state index in [0.717, 1.165) is 4.47 Å². The molecule has 0 heterocycles. The summed E-state index contributed by atoms with van der Waals surface area (Å²) in [6.07, 6.45) is 0. The van der Waals surface area contributed by atoms with Crippen molar-refractivity contribution in [1.82, 2.24) is 0 Å². The minimum atomic E-state index is -0.262. The molecule has 0 saturated carbocycles.